The van der Waals surface area contributed by atoms with Crippen molar-refractivity contribution in [2.75, 3.05) is 0 Å². The number of pyridine rings is 1. The van der Waals surface area contributed by atoms with Crippen LogP contribution in [0.25, 0.3) is 20.8 Å². The Bertz CT molecular complexity index is 744. The van der Waals surface area contributed by atoms with E-state index in [2.05, 4.69) is 15.1 Å². The fourth-order valence-electron chi connectivity index (χ4n) is 1.83. The van der Waals surface area contributed by atoms with Gasteiger partial charge in [-0.05, 0) is 36.8 Å². The maximum absolute atomic E-state index is 5.16. The number of thiazole rings is 1. The highest BCUT2D eigenvalue weighted by molar-refractivity contribution is 7.21. The van der Waals surface area contributed by atoms with E-state index < -0.39 is 0 Å². The Morgan fingerprint density at radius 3 is 2.89 bits per heavy atom. The number of benzene rings is 1. The summed E-state index contributed by atoms with van der Waals surface area (Å²) < 4.78 is 1.12. The van der Waals surface area contributed by atoms with Crippen molar-refractivity contribution in [1.82, 2.24) is 9.97 Å². The SMILES string of the molecule is Cc1ccc(-c2nc3ccc(C=NN)cc3s2)cn1. The predicted molar refractivity (Wildman–Crippen MR) is 79.4 cm³/mol. The summed E-state index contributed by atoms with van der Waals surface area (Å²) in [6.07, 6.45) is 3.49. The van der Waals surface area contributed by atoms with Crippen LogP contribution >= 0.6 is 11.3 Å². The van der Waals surface area contributed by atoms with Gasteiger partial charge in [0.1, 0.15) is 5.01 Å². The average Bonchev–Trinajstić information content (AvgIpc) is 2.83. The van der Waals surface area contributed by atoms with Gasteiger partial charge in [-0.3, -0.25) is 4.98 Å². The lowest BCUT2D eigenvalue weighted by molar-refractivity contribution is 1.20. The van der Waals surface area contributed by atoms with E-state index >= 15 is 0 Å². The fourth-order valence-corrected chi connectivity index (χ4v) is 2.83. The minimum Gasteiger partial charge on any atom is -0.323 e. The van der Waals surface area contributed by atoms with Crippen molar-refractivity contribution in [3.05, 3.63) is 47.8 Å². The zero-order valence-corrected chi connectivity index (χ0v) is 11.2. The molecule has 0 bridgehead atoms. The number of nitrogens with two attached hydrogens (primary N) is 1. The summed E-state index contributed by atoms with van der Waals surface area (Å²) >= 11 is 1.64. The molecule has 3 aromatic rings. The maximum Gasteiger partial charge on any atom is 0.126 e. The van der Waals surface area contributed by atoms with Gasteiger partial charge in [0.05, 0.1) is 16.4 Å². The summed E-state index contributed by atoms with van der Waals surface area (Å²) in [4.78, 5) is 8.92. The lowest BCUT2D eigenvalue weighted by Gasteiger charge is -1.95. The van der Waals surface area contributed by atoms with E-state index in [0.29, 0.717) is 0 Å². The summed E-state index contributed by atoms with van der Waals surface area (Å²) in [6, 6.07) is 10.0. The molecular weight excluding hydrogens is 256 g/mol. The van der Waals surface area contributed by atoms with Gasteiger partial charge in [-0.1, -0.05) is 6.07 Å². The number of hydrogen-bond donors (Lipinski definition) is 1. The molecule has 19 heavy (non-hydrogen) atoms. The van der Waals surface area contributed by atoms with E-state index in [1.165, 1.54) is 0 Å². The van der Waals surface area contributed by atoms with E-state index in [1.807, 2.05) is 43.5 Å². The number of aromatic nitrogens is 2. The lowest BCUT2D eigenvalue weighted by Crippen LogP contribution is -1.85. The largest absolute Gasteiger partial charge is 0.323 e. The Kier molecular flexibility index (Phi) is 2.97. The van der Waals surface area contributed by atoms with E-state index in [-0.39, 0.29) is 0 Å². The van der Waals surface area contributed by atoms with Gasteiger partial charge in [0, 0.05) is 17.5 Å². The van der Waals surface area contributed by atoms with E-state index in [1.54, 1.807) is 17.6 Å². The second-order valence-electron chi connectivity index (χ2n) is 4.21. The van der Waals surface area contributed by atoms with Gasteiger partial charge in [-0.2, -0.15) is 5.10 Å². The van der Waals surface area contributed by atoms with Gasteiger partial charge in [0.2, 0.25) is 0 Å². The molecule has 4 nitrogen and oxygen atoms in total. The third kappa shape index (κ3) is 2.32. The quantitative estimate of drug-likeness (QED) is 0.441. The fraction of sp³-hybridized carbons (Fsp3) is 0.0714. The first-order chi connectivity index (χ1) is 9.26. The first-order valence-corrected chi connectivity index (χ1v) is 6.65. The van der Waals surface area contributed by atoms with Gasteiger partial charge in [-0.25, -0.2) is 4.98 Å². The summed E-state index contributed by atoms with van der Waals surface area (Å²) in [7, 11) is 0. The standard InChI is InChI=1S/C14H12N4S/c1-9-2-4-11(8-16-9)14-18-12-5-3-10(7-17-15)6-13(12)19-14/h2-8H,15H2,1H3. The van der Waals surface area contributed by atoms with Crippen LogP contribution in [-0.4, -0.2) is 16.2 Å². The van der Waals surface area contributed by atoms with Crippen LogP contribution < -0.4 is 5.84 Å². The summed E-state index contributed by atoms with van der Waals surface area (Å²) in [5.41, 5.74) is 4.01. The zero-order valence-electron chi connectivity index (χ0n) is 10.4. The highest BCUT2D eigenvalue weighted by Crippen LogP contribution is 2.30. The zero-order chi connectivity index (χ0) is 13.2. The molecule has 0 radical (unpaired) electrons. The summed E-state index contributed by atoms with van der Waals surface area (Å²) in [5, 5.41) is 4.51. The average molecular weight is 268 g/mol. The highest BCUT2D eigenvalue weighted by atomic mass is 32.1. The number of hydrazone groups is 1. The molecule has 0 aliphatic rings. The molecule has 2 N–H and O–H groups in total. The number of hydrogen-bond acceptors (Lipinski definition) is 5. The minimum atomic E-state index is 0.976. The molecule has 2 heterocycles. The highest BCUT2D eigenvalue weighted by Gasteiger charge is 2.06. The topological polar surface area (TPSA) is 64.2 Å². The molecular formula is C14H12N4S. The van der Waals surface area contributed by atoms with Crippen molar-refractivity contribution in [2.24, 2.45) is 10.9 Å². The van der Waals surface area contributed by atoms with Crippen molar-refractivity contribution in [3.8, 4) is 10.6 Å². The Hall–Kier alpha value is -2.27. The van der Waals surface area contributed by atoms with Gasteiger partial charge >= 0.3 is 0 Å². The molecule has 0 aliphatic heterocycles. The Labute approximate surface area is 114 Å². The van der Waals surface area contributed by atoms with Crippen molar-refractivity contribution >= 4 is 27.8 Å². The molecule has 0 fully saturated rings. The lowest BCUT2D eigenvalue weighted by atomic mass is 10.2. The van der Waals surface area contributed by atoms with E-state index in [4.69, 9.17) is 5.84 Å². The number of rotatable bonds is 2. The van der Waals surface area contributed by atoms with E-state index in [9.17, 15) is 0 Å². The molecule has 2 aromatic heterocycles. The van der Waals surface area contributed by atoms with Crippen molar-refractivity contribution in [3.63, 3.8) is 0 Å². The summed E-state index contributed by atoms with van der Waals surface area (Å²) in [5.74, 6) is 5.16. The first kappa shape index (κ1) is 11.8. The third-order valence-corrected chi connectivity index (χ3v) is 3.86. The van der Waals surface area contributed by atoms with Gasteiger partial charge in [-0.15, -0.1) is 11.3 Å². The van der Waals surface area contributed by atoms with Crippen molar-refractivity contribution in [2.45, 2.75) is 6.92 Å². The van der Waals surface area contributed by atoms with E-state index in [0.717, 1.165) is 32.0 Å². The molecule has 0 aliphatic carbocycles. The molecule has 0 amide bonds. The van der Waals surface area contributed by atoms with Crippen molar-refractivity contribution in [1.29, 1.82) is 0 Å². The number of nitrogens with zero attached hydrogens (tertiary/aromatic N) is 3. The molecule has 0 saturated heterocycles. The smallest absolute Gasteiger partial charge is 0.126 e. The first-order valence-electron chi connectivity index (χ1n) is 5.83. The van der Waals surface area contributed by atoms with Crippen molar-refractivity contribution < 1.29 is 0 Å². The molecule has 5 heteroatoms. The van der Waals surface area contributed by atoms with Gasteiger partial charge < -0.3 is 5.84 Å². The predicted octanol–water partition coefficient (Wildman–Crippen LogP) is 2.96. The second kappa shape index (κ2) is 4.78. The molecule has 1 aromatic carbocycles. The van der Waals surface area contributed by atoms with Crippen LogP contribution in [-0.2, 0) is 0 Å². The molecule has 3 rings (SSSR count). The normalized spacial score (nSPS) is 11.4. The van der Waals surface area contributed by atoms with Crippen LogP contribution in [0, 0.1) is 6.92 Å². The third-order valence-electron chi connectivity index (χ3n) is 2.79. The van der Waals surface area contributed by atoms with Crippen LogP contribution in [0.4, 0.5) is 0 Å². The monoisotopic (exact) mass is 268 g/mol. The van der Waals surface area contributed by atoms with Gasteiger partial charge in [0.15, 0.2) is 0 Å². The van der Waals surface area contributed by atoms with Crippen LogP contribution in [0.1, 0.15) is 11.3 Å². The van der Waals surface area contributed by atoms with Crippen LogP contribution in [0.15, 0.2) is 41.6 Å². The number of aryl methyl sites for hydroxylation is 1. The Morgan fingerprint density at radius 1 is 1.26 bits per heavy atom. The minimum absolute atomic E-state index is 0.976. The molecule has 0 atom stereocenters. The van der Waals surface area contributed by atoms with Crippen LogP contribution in [0.5, 0.6) is 0 Å². The van der Waals surface area contributed by atoms with Crippen LogP contribution in [0.2, 0.25) is 0 Å². The molecule has 94 valence electrons. The molecule has 0 saturated carbocycles. The van der Waals surface area contributed by atoms with Crippen LogP contribution in [0.3, 0.4) is 0 Å². The second-order valence-corrected chi connectivity index (χ2v) is 5.24. The maximum atomic E-state index is 5.16. The number of fused-ring (bicyclic) bond motifs is 1. The van der Waals surface area contributed by atoms with Gasteiger partial charge in [0.25, 0.3) is 0 Å². The molecule has 0 spiro atoms. The summed E-state index contributed by atoms with van der Waals surface area (Å²) in [6.45, 7) is 1.97. The Balaban J connectivity index is 2.08. The Morgan fingerprint density at radius 2 is 2.16 bits per heavy atom. The molecule has 0 unspecified atom stereocenters.